The molecule has 0 radical (unpaired) electrons. The predicted molar refractivity (Wildman–Crippen MR) is 77.9 cm³/mol. The smallest absolute Gasteiger partial charge is 0.0378 e. The third-order valence-corrected chi connectivity index (χ3v) is 4.35. The highest BCUT2D eigenvalue weighted by Crippen LogP contribution is 2.37. The maximum absolute atomic E-state index is 5.70. The van der Waals surface area contributed by atoms with Crippen LogP contribution in [0.4, 0.5) is 5.69 Å². The Morgan fingerprint density at radius 1 is 1.22 bits per heavy atom. The Balaban J connectivity index is 2.09. The first-order valence-corrected chi connectivity index (χ1v) is 6.75. The Hall–Kier alpha value is -1.06. The molecule has 3 nitrogen and oxygen atoms in total. The highest BCUT2D eigenvalue weighted by molar-refractivity contribution is 5.48. The number of anilines is 1. The van der Waals surface area contributed by atoms with Gasteiger partial charge in [-0.1, -0.05) is 12.1 Å². The predicted octanol–water partition coefficient (Wildman–Crippen LogP) is 2.07. The van der Waals surface area contributed by atoms with Crippen LogP contribution in [0.1, 0.15) is 24.8 Å². The molecule has 1 aliphatic rings. The molecule has 0 unspecified atom stereocenters. The minimum Gasteiger partial charge on any atom is -0.373 e. The maximum atomic E-state index is 5.70. The monoisotopic (exact) mass is 247 g/mol. The average molecular weight is 247 g/mol. The normalized spacial score (nSPS) is 17.6. The van der Waals surface area contributed by atoms with Gasteiger partial charge in [0.2, 0.25) is 0 Å². The SMILES string of the molecule is CN(CC1(N(C)C)CCC1)c1cccc(CN)c1. The van der Waals surface area contributed by atoms with Crippen LogP contribution in [0.15, 0.2) is 24.3 Å². The fourth-order valence-electron chi connectivity index (χ4n) is 2.79. The van der Waals surface area contributed by atoms with E-state index in [0.29, 0.717) is 12.1 Å². The van der Waals surface area contributed by atoms with Crippen molar-refractivity contribution in [3.8, 4) is 0 Å². The summed E-state index contributed by atoms with van der Waals surface area (Å²) in [6, 6.07) is 8.54. The van der Waals surface area contributed by atoms with Crippen molar-refractivity contribution in [1.82, 2.24) is 4.90 Å². The zero-order valence-electron chi connectivity index (χ0n) is 11.8. The van der Waals surface area contributed by atoms with Crippen LogP contribution >= 0.6 is 0 Å². The minimum absolute atomic E-state index is 0.369. The van der Waals surface area contributed by atoms with E-state index in [0.717, 1.165) is 6.54 Å². The molecule has 1 aromatic carbocycles. The summed E-state index contributed by atoms with van der Waals surface area (Å²) in [4.78, 5) is 4.75. The third-order valence-electron chi connectivity index (χ3n) is 4.35. The highest BCUT2D eigenvalue weighted by Gasteiger charge is 2.39. The van der Waals surface area contributed by atoms with E-state index < -0.39 is 0 Å². The van der Waals surface area contributed by atoms with Gasteiger partial charge in [0.25, 0.3) is 0 Å². The van der Waals surface area contributed by atoms with E-state index in [1.54, 1.807) is 0 Å². The maximum Gasteiger partial charge on any atom is 0.0378 e. The molecule has 1 saturated carbocycles. The molecule has 0 aliphatic heterocycles. The summed E-state index contributed by atoms with van der Waals surface area (Å²) in [7, 11) is 6.58. The first-order valence-electron chi connectivity index (χ1n) is 6.75. The zero-order chi connectivity index (χ0) is 13.2. The zero-order valence-corrected chi connectivity index (χ0v) is 11.8. The molecule has 1 aromatic rings. The summed E-state index contributed by atoms with van der Waals surface area (Å²) in [6.07, 6.45) is 3.97. The standard InChI is InChI=1S/C15H25N3/c1-17(2)15(8-5-9-15)12-18(3)14-7-4-6-13(10-14)11-16/h4,6-7,10H,5,8-9,11-12,16H2,1-3H3. The lowest BCUT2D eigenvalue weighted by Gasteiger charge is -2.49. The molecule has 0 spiro atoms. The van der Waals surface area contributed by atoms with Crippen molar-refractivity contribution in [2.24, 2.45) is 5.73 Å². The summed E-state index contributed by atoms with van der Waals surface area (Å²) in [5.74, 6) is 0. The van der Waals surface area contributed by atoms with Crippen LogP contribution in [0.25, 0.3) is 0 Å². The second-order valence-electron chi connectivity index (χ2n) is 5.70. The van der Waals surface area contributed by atoms with Crippen LogP contribution in [0.3, 0.4) is 0 Å². The van der Waals surface area contributed by atoms with Gasteiger partial charge in [0.1, 0.15) is 0 Å². The van der Waals surface area contributed by atoms with Crippen molar-refractivity contribution in [3.63, 3.8) is 0 Å². The van der Waals surface area contributed by atoms with Crippen LogP contribution in [0, 0.1) is 0 Å². The molecule has 100 valence electrons. The van der Waals surface area contributed by atoms with Gasteiger partial charge in [-0.15, -0.1) is 0 Å². The van der Waals surface area contributed by atoms with Gasteiger partial charge in [-0.2, -0.15) is 0 Å². The van der Waals surface area contributed by atoms with Crippen molar-refractivity contribution in [2.45, 2.75) is 31.3 Å². The number of nitrogens with zero attached hydrogens (tertiary/aromatic N) is 2. The quantitative estimate of drug-likeness (QED) is 0.864. The minimum atomic E-state index is 0.369. The van der Waals surface area contributed by atoms with Crippen LogP contribution in [0.5, 0.6) is 0 Å². The molecule has 1 aliphatic carbocycles. The first-order chi connectivity index (χ1) is 8.57. The largest absolute Gasteiger partial charge is 0.373 e. The van der Waals surface area contributed by atoms with Crippen molar-refractivity contribution in [3.05, 3.63) is 29.8 Å². The van der Waals surface area contributed by atoms with Gasteiger partial charge in [-0.3, -0.25) is 0 Å². The van der Waals surface area contributed by atoms with Crippen LogP contribution in [-0.2, 0) is 6.54 Å². The highest BCUT2D eigenvalue weighted by atomic mass is 15.2. The van der Waals surface area contributed by atoms with E-state index in [2.05, 4.69) is 55.2 Å². The Morgan fingerprint density at radius 3 is 2.44 bits per heavy atom. The van der Waals surface area contributed by atoms with Crippen molar-refractivity contribution < 1.29 is 0 Å². The molecule has 1 fully saturated rings. The molecule has 0 amide bonds. The van der Waals surface area contributed by atoms with Crippen molar-refractivity contribution in [2.75, 3.05) is 32.6 Å². The van der Waals surface area contributed by atoms with Gasteiger partial charge in [0, 0.05) is 31.4 Å². The van der Waals surface area contributed by atoms with Crippen LogP contribution in [-0.4, -0.2) is 38.1 Å². The lowest BCUT2D eigenvalue weighted by atomic mass is 9.75. The number of nitrogens with two attached hydrogens (primary N) is 1. The second-order valence-corrected chi connectivity index (χ2v) is 5.70. The average Bonchev–Trinajstić information content (AvgIpc) is 2.33. The lowest BCUT2D eigenvalue weighted by Crippen LogP contribution is -2.56. The summed E-state index contributed by atoms with van der Waals surface area (Å²) in [5.41, 5.74) is 8.54. The van der Waals surface area contributed by atoms with E-state index in [1.807, 2.05) is 0 Å². The summed E-state index contributed by atoms with van der Waals surface area (Å²) < 4.78 is 0. The van der Waals surface area contributed by atoms with Gasteiger partial charge < -0.3 is 15.5 Å². The van der Waals surface area contributed by atoms with E-state index in [1.165, 1.54) is 30.5 Å². The van der Waals surface area contributed by atoms with Gasteiger partial charge in [-0.05, 0) is 51.1 Å². The third kappa shape index (κ3) is 2.52. The Labute approximate surface area is 111 Å². The number of hydrogen-bond donors (Lipinski definition) is 1. The Bertz CT molecular complexity index is 396. The number of hydrogen-bond acceptors (Lipinski definition) is 3. The van der Waals surface area contributed by atoms with Crippen molar-refractivity contribution in [1.29, 1.82) is 0 Å². The Morgan fingerprint density at radius 2 is 1.94 bits per heavy atom. The van der Waals surface area contributed by atoms with Gasteiger partial charge in [0.15, 0.2) is 0 Å². The Kier molecular flexibility index (Phi) is 3.93. The van der Waals surface area contributed by atoms with Gasteiger partial charge in [0.05, 0.1) is 0 Å². The van der Waals surface area contributed by atoms with E-state index in [4.69, 9.17) is 5.73 Å². The van der Waals surface area contributed by atoms with Gasteiger partial charge >= 0.3 is 0 Å². The molecule has 0 heterocycles. The van der Waals surface area contributed by atoms with E-state index in [-0.39, 0.29) is 0 Å². The van der Waals surface area contributed by atoms with Crippen LogP contribution < -0.4 is 10.6 Å². The van der Waals surface area contributed by atoms with Crippen molar-refractivity contribution >= 4 is 5.69 Å². The second kappa shape index (κ2) is 5.29. The number of likely N-dealkylation sites (N-methyl/N-ethyl adjacent to an activating group) is 2. The van der Waals surface area contributed by atoms with Gasteiger partial charge in [-0.25, -0.2) is 0 Å². The molecule has 0 bridgehead atoms. The summed E-state index contributed by atoms with van der Waals surface area (Å²) in [6.45, 7) is 1.70. The molecule has 0 saturated heterocycles. The summed E-state index contributed by atoms with van der Waals surface area (Å²) >= 11 is 0. The fourth-order valence-corrected chi connectivity index (χ4v) is 2.79. The molecule has 0 atom stereocenters. The topological polar surface area (TPSA) is 32.5 Å². The number of rotatable bonds is 5. The molecule has 2 N–H and O–H groups in total. The molecule has 18 heavy (non-hydrogen) atoms. The first kappa shape index (κ1) is 13.4. The number of benzene rings is 1. The van der Waals surface area contributed by atoms with E-state index >= 15 is 0 Å². The van der Waals surface area contributed by atoms with E-state index in [9.17, 15) is 0 Å². The molecular weight excluding hydrogens is 222 g/mol. The summed E-state index contributed by atoms with van der Waals surface area (Å²) in [5, 5.41) is 0. The van der Waals surface area contributed by atoms with Crippen LogP contribution in [0.2, 0.25) is 0 Å². The molecule has 3 heteroatoms. The lowest BCUT2D eigenvalue weighted by molar-refractivity contribution is 0.0683. The fraction of sp³-hybridized carbons (Fsp3) is 0.600. The molecule has 0 aromatic heterocycles. The molecular formula is C15H25N3. The molecule has 2 rings (SSSR count).